The highest BCUT2D eigenvalue weighted by atomic mass is 35.5. The standard InChI is InChI=1S/C19H22ClN3O3S/c1-27(25,26)22-12-9-15(10-13-22)19(24)23(14-17-4-2-3-11-21-17)18-7-5-16(20)6-8-18/h2-8,11,15H,9-10,12-14H2,1H3. The molecule has 1 aromatic heterocycles. The van der Waals surface area contributed by atoms with Gasteiger partial charge in [0.2, 0.25) is 15.9 Å². The summed E-state index contributed by atoms with van der Waals surface area (Å²) >= 11 is 5.99. The Morgan fingerprint density at radius 3 is 2.41 bits per heavy atom. The van der Waals surface area contributed by atoms with E-state index in [1.165, 1.54) is 10.6 Å². The van der Waals surface area contributed by atoms with E-state index in [2.05, 4.69) is 4.98 Å². The van der Waals surface area contributed by atoms with Crippen molar-refractivity contribution in [1.29, 1.82) is 0 Å². The fourth-order valence-corrected chi connectivity index (χ4v) is 4.23. The lowest BCUT2D eigenvalue weighted by molar-refractivity contribution is -0.123. The molecule has 1 saturated heterocycles. The maximum absolute atomic E-state index is 13.2. The molecule has 27 heavy (non-hydrogen) atoms. The zero-order chi connectivity index (χ0) is 19.4. The summed E-state index contributed by atoms with van der Waals surface area (Å²) in [5, 5.41) is 0.602. The molecule has 0 bridgehead atoms. The van der Waals surface area contributed by atoms with Crippen LogP contribution in [0.15, 0.2) is 48.7 Å². The molecule has 1 amide bonds. The van der Waals surface area contributed by atoms with Crippen LogP contribution in [0.4, 0.5) is 5.69 Å². The first-order chi connectivity index (χ1) is 12.8. The fraction of sp³-hybridized carbons (Fsp3) is 0.368. The predicted molar refractivity (Wildman–Crippen MR) is 106 cm³/mol. The summed E-state index contributed by atoms with van der Waals surface area (Å²) in [4.78, 5) is 19.3. The molecule has 1 fully saturated rings. The number of anilines is 1. The Labute approximate surface area is 164 Å². The second-order valence-corrected chi connectivity index (χ2v) is 9.08. The van der Waals surface area contributed by atoms with Gasteiger partial charge in [0.1, 0.15) is 0 Å². The summed E-state index contributed by atoms with van der Waals surface area (Å²) in [7, 11) is -3.22. The average Bonchev–Trinajstić information content (AvgIpc) is 2.67. The topological polar surface area (TPSA) is 70.6 Å². The zero-order valence-corrected chi connectivity index (χ0v) is 16.7. The number of nitrogens with zero attached hydrogens (tertiary/aromatic N) is 3. The highest BCUT2D eigenvalue weighted by molar-refractivity contribution is 7.88. The van der Waals surface area contributed by atoms with Gasteiger partial charge in [-0.25, -0.2) is 12.7 Å². The van der Waals surface area contributed by atoms with Gasteiger partial charge in [-0.15, -0.1) is 0 Å². The van der Waals surface area contributed by atoms with Gasteiger partial charge in [0.25, 0.3) is 0 Å². The van der Waals surface area contributed by atoms with Crippen molar-refractivity contribution in [3.8, 4) is 0 Å². The fourth-order valence-electron chi connectivity index (χ4n) is 3.23. The number of halogens is 1. The Hall–Kier alpha value is -1.96. The van der Waals surface area contributed by atoms with Gasteiger partial charge in [-0.2, -0.15) is 0 Å². The van der Waals surface area contributed by atoms with E-state index in [0.29, 0.717) is 37.5 Å². The molecule has 1 aromatic carbocycles. The highest BCUT2D eigenvalue weighted by Crippen LogP contribution is 2.26. The van der Waals surface area contributed by atoms with Crippen molar-refractivity contribution in [1.82, 2.24) is 9.29 Å². The van der Waals surface area contributed by atoms with Gasteiger partial charge < -0.3 is 4.90 Å². The van der Waals surface area contributed by atoms with Crippen molar-refractivity contribution >= 4 is 33.2 Å². The number of hydrogen-bond acceptors (Lipinski definition) is 4. The highest BCUT2D eigenvalue weighted by Gasteiger charge is 2.32. The van der Waals surface area contributed by atoms with Crippen LogP contribution >= 0.6 is 11.6 Å². The number of pyridine rings is 1. The number of carbonyl (C=O) groups is 1. The second-order valence-electron chi connectivity index (χ2n) is 6.66. The third kappa shape index (κ3) is 5.06. The van der Waals surface area contributed by atoms with E-state index >= 15 is 0 Å². The van der Waals surface area contributed by atoms with E-state index in [-0.39, 0.29) is 11.8 Å². The minimum Gasteiger partial charge on any atom is -0.306 e. The molecule has 1 aliphatic heterocycles. The number of rotatable bonds is 5. The van der Waals surface area contributed by atoms with Crippen molar-refractivity contribution < 1.29 is 13.2 Å². The predicted octanol–water partition coefficient (Wildman–Crippen LogP) is 2.94. The maximum Gasteiger partial charge on any atom is 0.230 e. The molecule has 144 valence electrons. The molecule has 3 rings (SSSR count). The van der Waals surface area contributed by atoms with Crippen LogP contribution in [0.25, 0.3) is 0 Å². The molecule has 0 N–H and O–H groups in total. The van der Waals surface area contributed by atoms with Crippen molar-refractivity contribution in [2.24, 2.45) is 5.92 Å². The minimum atomic E-state index is -3.22. The van der Waals surface area contributed by atoms with Crippen molar-refractivity contribution in [3.05, 3.63) is 59.4 Å². The van der Waals surface area contributed by atoms with Gasteiger partial charge in [0, 0.05) is 35.9 Å². The first-order valence-corrected chi connectivity index (χ1v) is 11.0. The van der Waals surface area contributed by atoms with Gasteiger partial charge in [-0.3, -0.25) is 9.78 Å². The quantitative estimate of drug-likeness (QED) is 0.764. The van der Waals surface area contributed by atoms with Crippen molar-refractivity contribution in [2.75, 3.05) is 24.2 Å². The number of piperidine rings is 1. The zero-order valence-electron chi connectivity index (χ0n) is 15.1. The third-order valence-corrected chi connectivity index (χ3v) is 6.28. The monoisotopic (exact) mass is 407 g/mol. The molecule has 6 nitrogen and oxygen atoms in total. The van der Waals surface area contributed by atoms with Gasteiger partial charge in [0.05, 0.1) is 18.5 Å². The van der Waals surface area contributed by atoms with Crippen LogP contribution in [-0.2, 0) is 21.4 Å². The lowest BCUT2D eigenvalue weighted by atomic mass is 9.96. The van der Waals surface area contributed by atoms with Gasteiger partial charge in [-0.1, -0.05) is 17.7 Å². The molecule has 0 unspecified atom stereocenters. The molecule has 8 heteroatoms. The van der Waals surface area contributed by atoms with Gasteiger partial charge >= 0.3 is 0 Å². The Morgan fingerprint density at radius 1 is 1.19 bits per heavy atom. The number of hydrogen-bond donors (Lipinski definition) is 0. The summed E-state index contributed by atoms with van der Waals surface area (Å²) < 4.78 is 24.8. The number of aromatic nitrogens is 1. The average molecular weight is 408 g/mol. The summed E-state index contributed by atoms with van der Waals surface area (Å²) in [6.07, 6.45) is 3.93. The van der Waals surface area contributed by atoms with Crippen molar-refractivity contribution in [2.45, 2.75) is 19.4 Å². The summed E-state index contributed by atoms with van der Waals surface area (Å²) in [5.41, 5.74) is 1.54. The Balaban J connectivity index is 1.80. The normalized spacial score (nSPS) is 16.2. The third-order valence-electron chi connectivity index (χ3n) is 4.72. The molecule has 0 aliphatic carbocycles. The van der Waals surface area contributed by atoms with Crippen LogP contribution in [0.2, 0.25) is 5.02 Å². The van der Waals surface area contributed by atoms with Crippen molar-refractivity contribution in [3.63, 3.8) is 0 Å². The SMILES string of the molecule is CS(=O)(=O)N1CCC(C(=O)N(Cc2ccccn2)c2ccc(Cl)cc2)CC1. The van der Waals surface area contributed by atoms with E-state index < -0.39 is 10.0 Å². The van der Waals surface area contributed by atoms with E-state index in [4.69, 9.17) is 11.6 Å². The molecular formula is C19H22ClN3O3S. The summed E-state index contributed by atoms with van der Waals surface area (Å²) in [6, 6.07) is 12.7. The number of carbonyl (C=O) groups excluding carboxylic acids is 1. The summed E-state index contributed by atoms with van der Waals surface area (Å²) in [5.74, 6) is -0.237. The second kappa shape index (κ2) is 8.37. The largest absolute Gasteiger partial charge is 0.306 e. The van der Waals surface area contributed by atoms with Crippen LogP contribution in [0, 0.1) is 5.92 Å². The van der Waals surface area contributed by atoms with Crippen LogP contribution in [0.3, 0.4) is 0 Å². The van der Waals surface area contributed by atoms with E-state index in [1.54, 1.807) is 23.2 Å². The molecule has 0 saturated carbocycles. The molecule has 1 aliphatic rings. The molecule has 2 aromatic rings. The first kappa shape index (κ1) is 19.8. The molecule has 0 atom stereocenters. The Bertz CT molecular complexity index is 880. The maximum atomic E-state index is 13.2. The van der Waals surface area contributed by atoms with Crippen LogP contribution < -0.4 is 4.90 Å². The number of amides is 1. The molecule has 0 spiro atoms. The van der Waals surface area contributed by atoms with E-state index in [1.807, 2.05) is 30.3 Å². The lowest BCUT2D eigenvalue weighted by Crippen LogP contribution is -2.44. The summed E-state index contributed by atoms with van der Waals surface area (Å²) in [6.45, 7) is 1.09. The van der Waals surface area contributed by atoms with Crippen LogP contribution in [0.5, 0.6) is 0 Å². The number of sulfonamides is 1. The Morgan fingerprint density at radius 2 is 1.85 bits per heavy atom. The molecular weight excluding hydrogens is 386 g/mol. The Kier molecular flexibility index (Phi) is 6.14. The van der Waals surface area contributed by atoms with Crippen LogP contribution in [0.1, 0.15) is 18.5 Å². The first-order valence-electron chi connectivity index (χ1n) is 8.76. The minimum absolute atomic E-state index is 0.0175. The van der Waals surface area contributed by atoms with E-state index in [0.717, 1.165) is 11.4 Å². The smallest absolute Gasteiger partial charge is 0.230 e. The van der Waals surface area contributed by atoms with Crippen LogP contribution in [-0.4, -0.2) is 43.0 Å². The van der Waals surface area contributed by atoms with E-state index in [9.17, 15) is 13.2 Å². The molecule has 0 radical (unpaired) electrons. The van der Waals surface area contributed by atoms with Gasteiger partial charge in [0.15, 0.2) is 0 Å². The lowest BCUT2D eigenvalue weighted by Gasteiger charge is -2.33. The number of benzene rings is 1. The molecule has 2 heterocycles. The van der Waals surface area contributed by atoms with Gasteiger partial charge in [-0.05, 0) is 49.2 Å².